The van der Waals surface area contributed by atoms with Gasteiger partial charge >= 0.3 is 0 Å². The third-order valence-electron chi connectivity index (χ3n) is 2.84. The summed E-state index contributed by atoms with van der Waals surface area (Å²) in [5.41, 5.74) is 9.31. The highest BCUT2D eigenvalue weighted by Gasteiger charge is 2.21. The lowest BCUT2D eigenvalue weighted by molar-refractivity contribution is 0.965. The highest BCUT2D eigenvalue weighted by atomic mass is 79.9. The van der Waals surface area contributed by atoms with Crippen molar-refractivity contribution >= 4 is 56.3 Å². The van der Waals surface area contributed by atoms with Gasteiger partial charge in [0.2, 0.25) is 0 Å². The topological polar surface area (TPSA) is 51.8 Å². The molecule has 0 aromatic carbocycles. The molecule has 0 aliphatic heterocycles. The fourth-order valence-corrected chi connectivity index (χ4v) is 3.35. The Labute approximate surface area is 140 Å². The molecule has 20 heavy (non-hydrogen) atoms. The van der Waals surface area contributed by atoms with Crippen molar-refractivity contribution in [1.82, 2.24) is 9.97 Å². The normalized spacial score (nSPS) is 14.1. The first-order valence-corrected chi connectivity index (χ1v) is 8.21. The highest BCUT2D eigenvalue weighted by Crippen LogP contribution is 2.40. The summed E-state index contributed by atoms with van der Waals surface area (Å²) in [5.74, 6) is 0.408. The van der Waals surface area contributed by atoms with E-state index in [1.165, 1.54) is 11.3 Å². The van der Waals surface area contributed by atoms with Crippen molar-refractivity contribution in [3.8, 4) is 11.3 Å². The van der Waals surface area contributed by atoms with Crippen LogP contribution >= 0.6 is 50.5 Å². The molecule has 1 atom stereocenters. The molecule has 0 saturated carbocycles. The molecular formula is C13H12BrCl2N3S. The Balaban J connectivity index is 2.54. The quantitative estimate of drug-likeness (QED) is 0.764. The van der Waals surface area contributed by atoms with Crippen LogP contribution in [0.5, 0.6) is 0 Å². The molecule has 0 aliphatic rings. The van der Waals surface area contributed by atoms with Crippen LogP contribution in [-0.4, -0.2) is 9.97 Å². The van der Waals surface area contributed by atoms with Gasteiger partial charge in [0.1, 0.15) is 5.82 Å². The van der Waals surface area contributed by atoms with Crippen molar-refractivity contribution in [3.05, 3.63) is 37.2 Å². The van der Waals surface area contributed by atoms with Gasteiger partial charge in [-0.05, 0) is 28.9 Å². The van der Waals surface area contributed by atoms with Gasteiger partial charge in [-0.1, -0.05) is 30.1 Å². The summed E-state index contributed by atoms with van der Waals surface area (Å²) in [7, 11) is 0. The van der Waals surface area contributed by atoms with E-state index in [4.69, 9.17) is 28.9 Å². The third kappa shape index (κ3) is 3.17. The number of anilines is 1. The van der Waals surface area contributed by atoms with E-state index in [1.54, 1.807) is 18.6 Å². The number of thiazole rings is 1. The van der Waals surface area contributed by atoms with Crippen molar-refractivity contribution in [2.24, 2.45) is 0 Å². The van der Waals surface area contributed by atoms with Crippen LogP contribution in [0.3, 0.4) is 0 Å². The van der Waals surface area contributed by atoms with Gasteiger partial charge in [0.25, 0.3) is 0 Å². The summed E-state index contributed by atoms with van der Waals surface area (Å²) in [6.07, 6.45) is 1.66. The first-order chi connectivity index (χ1) is 9.41. The summed E-state index contributed by atoms with van der Waals surface area (Å²) in [6, 6.07) is 1.90. The van der Waals surface area contributed by atoms with Gasteiger partial charge < -0.3 is 5.73 Å². The van der Waals surface area contributed by atoms with Gasteiger partial charge in [-0.2, -0.15) is 0 Å². The van der Waals surface area contributed by atoms with E-state index in [-0.39, 0.29) is 5.92 Å². The van der Waals surface area contributed by atoms with E-state index in [0.29, 0.717) is 15.9 Å². The van der Waals surface area contributed by atoms with Crippen LogP contribution in [0, 0.1) is 0 Å². The van der Waals surface area contributed by atoms with Crippen molar-refractivity contribution in [2.75, 3.05) is 5.73 Å². The first kappa shape index (κ1) is 15.8. The Hall–Kier alpha value is -0.620. The average Bonchev–Trinajstić information content (AvgIpc) is 2.88. The van der Waals surface area contributed by atoms with Crippen LogP contribution in [0.25, 0.3) is 11.3 Å². The SMILES string of the molecule is C/C(Cl)=C(/Cl)C(C)c1scnc1-c1cc(Br)cnc1N. The van der Waals surface area contributed by atoms with Gasteiger partial charge in [0.15, 0.2) is 0 Å². The molecule has 2 rings (SSSR count). The van der Waals surface area contributed by atoms with Crippen LogP contribution in [0.15, 0.2) is 32.3 Å². The molecule has 106 valence electrons. The van der Waals surface area contributed by atoms with Crippen molar-refractivity contribution in [3.63, 3.8) is 0 Å². The van der Waals surface area contributed by atoms with E-state index < -0.39 is 0 Å². The van der Waals surface area contributed by atoms with Gasteiger partial charge in [-0.3, -0.25) is 0 Å². The zero-order valence-corrected chi connectivity index (χ0v) is 14.7. The number of rotatable bonds is 3. The number of allylic oxidation sites excluding steroid dienone is 2. The molecule has 2 heterocycles. The van der Waals surface area contributed by atoms with E-state index in [0.717, 1.165) is 20.6 Å². The average molecular weight is 393 g/mol. The van der Waals surface area contributed by atoms with Gasteiger partial charge in [-0.25, -0.2) is 9.97 Å². The molecule has 3 nitrogen and oxygen atoms in total. The van der Waals surface area contributed by atoms with Crippen LogP contribution in [0.2, 0.25) is 0 Å². The van der Waals surface area contributed by atoms with Crippen LogP contribution in [-0.2, 0) is 0 Å². The van der Waals surface area contributed by atoms with E-state index in [9.17, 15) is 0 Å². The number of halogens is 3. The molecule has 2 aromatic rings. The van der Waals surface area contributed by atoms with Gasteiger partial charge in [0, 0.05) is 37.1 Å². The number of hydrogen-bond acceptors (Lipinski definition) is 4. The molecule has 0 fully saturated rings. The maximum Gasteiger partial charge on any atom is 0.132 e. The monoisotopic (exact) mass is 391 g/mol. The molecule has 7 heteroatoms. The molecule has 0 spiro atoms. The number of pyridine rings is 1. The molecule has 0 aliphatic carbocycles. The summed E-state index contributed by atoms with van der Waals surface area (Å²) < 4.78 is 0.850. The summed E-state index contributed by atoms with van der Waals surface area (Å²) >= 11 is 17.2. The van der Waals surface area contributed by atoms with Gasteiger partial charge in [-0.15, -0.1) is 11.3 Å². The first-order valence-electron chi connectivity index (χ1n) is 5.78. The Morgan fingerprint density at radius 2 is 2.10 bits per heavy atom. The van der Waals surface area contributed by atoms with E-state index in [2.05, 4.69) is 25.9 Å². The predicted octanol–water partition coefficient (Wildman–Crippen LogP) is 5.36. The lowest BCUT2D eigenvalue weighted by Crippen LogP contribution is -1.99. The summed E-state index contributed by atoms with van der Waals surface area (Å²) in [6.45, 7) is 3.77. The van der Waals surface area contributed by atoms with Crippen LogP contribution in [0.1, 0.15) is 24.6 Å². The second-order valence-corrected chi connectivity index (χ2v) is 7.03. The second-order valence-electron chi connectivity index (χ2n) is 4.25. The molecule has 0 radical (unpaired) electrons. The van der Waals surface area contributed by atoms with Gasteiger partial charge in [0.05, 0.1) is 11.2 Å². The number of nitrogens with two attached hydrogens (primary N) is 1. The summed E-state index contributed by atoms with van der Waals surface area (Å²) in [4.78, 5) is 9.56. The standard InChI is InChI=1S/C13H12BrCl2N3S/c1-6(10(16)7(2)15)12-11(19-5-20-12)9-3-8(14)4-18-13(9)17/h3-6H,1-2H3,(H2,17,18)/b10-7-. The fraction of sp³-hybridized carbons (Fsp3) is 0.231. The lowest BCUT2D eigenvalue weighted by Gasteiger charge is -2.12. The zero-order chi connectivity index (χ0) is 14.9. The third-order valence-corrected chi connectivity index (χ3v) is 5.19. The number of nitrogens with zero attached hydrogens (tertiary/aromatic N) is 2. The van der Waals surface area contributed by atoms with E-state index in [1.807, 2.05) is 13.0 Å². The Kier molecular flexibility index (Phi) is 5.07. The lowest BCUT2D eigenvalue weighted by atomic mass is 10.0. The minimum absolute atomic E-state index is 0.0324. The van der Waals surface area contributed by atoms with Crippen LogP contribution < -0.4 is 5.73 Å². The highest BCUT2D eigenvalue weighted by molar-refractivity contribution is 9.10. The van der Waals surface area contributed by atoms with E-state index >= 15 is 0 Å². The minimum Gasteiger partial charge on any atom is -0.383 e. The molecule has 0 amide bonds. The number of hydrogen-bond donors (Lipinski definition) is 1. The second kappa shape index (κ2) is 6.43. The molecule has 2 aromatic heterocycles. The Morgan fingerprint density at radius 3 is 2.75 bits per heavy atom. The number of aromatic nitrogens is 2. The van der Waals surface area contributed by atoms with Crippen molar-refractivity contribution in [2.45, 2.75) is 19.8 Å². The van der Waals surface area contributed by atoms with Crippen molar-refractivity contribution in [1.29, 1.82) is 0 Å². The molecular weight excluding hydrogens is 381 g/mol. The smallest absolute Gasteiger partial charge is 0.132 e. The Morgan fingerprint density at radius 1 is 1.40 bits per heavy atom. The minimum atomic E-state index is -0.0324. The fourth-order valence-electron chi connectivity index (χ4n) is 1.82. The molecule has 0 bridgehead atoms. The molecule has 0 saturated heterocycles. The van der Waals surface area contributed by atoms with Crippen molar-refractivity contribution < 1.29 is 0 Å². The summed E-state index contributed by atoms with van der Waals surface area (Å²) in [5, 5.41) is 1.19. The predicted molar refractivity (Wildman–Crippen MR) is 90.3 cm³/mol. The zero-order valence-electron chi connectivity index (χ0n) is 10.8. The van der Waals surface area contributed by atoms with Crippen LogP contribution in [0.4, 0.5) is 5.82 Å². The largest absolute Gasteiger partial charge is 0.383 e. The maximum absolute atomic E-state index is 6.26. The number of nitrogen functional groups attached to an aromatic ring is 1. The maximum atomic E-state index is 6.26. The molecule has 2 N–H and O–H groups in total. The Bertz CT molecular complexity index is 665. The molecule has 1 unspecified atom stereocenters.